The van der Waals surface area contributed by atoms with Gasteiger partial charge in [-0.15, -0.1) is 0 Å². The second-order valence-corrected chi connectivity index (χ2v) is 4.00. The standard InChI is InChI=1S/C10H13ClN/c1-12(2,3)8-9-4-6-10(11)7-5-9/h1,4-7H,8H2,2-3H3. The lowest BCUT2D eigenvalue weighted by atomic mass is 10.2. The minimum atomic E-state index is 0.446. The van der Waals surface area contributed by atoms with E-state index in [9.17, 15) is 0 Å². The molecule has 12 heavy (non-hydrogen) atoms. The van der Waals surface area contributed by atoms with E-state index in [-0.39, 0.29) is 0 Å². The second-order valence-electron chi connectivity index (χ2n) is 3.56. The zero-order valence-electron chi connectivity index (χ0n) is 7.42. The van der Waals surface area contributed by atoms with E-state index in [1.807, 2.05) is 38.4 Å². The molecule has 1 aromatic carbocycles. The van der Waals surface area contributed by atoms with Gasteiger partial charge in [-0.1, -0.05) is 23.7 Å². The predicted octanol–water partition coefficient (Wildman–Crippen LogP) is 2.58. The summed E-state index contributed by atoms with van der Waals surface area (Å²) in [5, 5.41) is 0.765. The minimum absolute atomic E-state index is 0.446. The van der Waals surface area contributed by atoms with Gasteiger partial charge in [-0.25, -0.2) is 7.05 Å². The highest BCUT2D eigenvalue weighted by atomic mass is 35.5. The van der Waals surface area contributed by atoms with Crippen molar-refractivity contribution in [3.8, 4) is 0 Å². The van der Waals surface area contributed by atoms with Crippen LogP contribution in [0.2, 0.25) is 5.02 Å². The van der Waals surface area contributed by atoms with E-state index < -0.39 is 0 Å². The average Bonchev–Trinajstić information content (AvgIpc) is 1.91. The number of nitrogens with zero attached hydrogens (tertiary/aromatic N) is 1. The Morgan fingerprint density at radius 3 is 2.17 bits per heavy atom. The van der Waals surface area contributed by atoms with Crippen LogP contribution in [0.25, 0.3) is 0 Å². The maximum Gasteiger partial charge on any atom is 0.0784 e. The van der Waals surface area contributed by atoms with Crippen molar-refractivity contribution in [3.05, 3.63) is 41.9 Å². The van der Waals surface area contributed by atoms with Crippen LogP contribution in [-0.2, 0) is 6.54 Å². The summed E-state index contributed by atoms with van der Waals surface area (Å²) in [5.74, 6) is 0. The molecule has 2 heteroatoms. The van der Waals surface area contributed by atoms with E-state index in [0.717, 1.165) is 11.6 Å². The Kier molecular flexibility index (Phi) is 2.76. The number of hydrogen-bond donors (Lipinski definition) is 0. The Hall–Kier alpha value is -0.530. The zero-order valence-corrected chi connectivity index (χ0v) is 8.17. The van der Waals surface area contributed by atoms with E-state index in [4.69, 9.17) is 18.6 Å². The Bertz CT molecular complexity index is 246. The van der Waals surface area contributed by atoms with E-state index in [1.165, 1.54) is 5.56 Å². The molecule has 0 aliphatic carbocycles. The van der Waals surface area contributed by atoms with Gasteiger partial charge in [-0.2, -0.15) is 0 Å². The van der Waals surface area contributed by atoms with Crippen LogP contribution >= 0.6 is 11.6 Å². The average molecular weight is 183 g/mol. The molecule has 0 fully saturated rings. The third kappa shape index (κ3) is 3.24. The van der Waals surface area contributed by atoms with Gasteiger partial charge >= 0.3 is 0 Å². The third-order valence-electron chi connectivity index (χ3n) is 1.50. The summed E-state index contributed by atoms with van der Waals surface area (Å²) in [6.07, 6.45) is 0. The molecule has 0 atom stereocenters. The lowest BCUT2D eigenvalue weighted by molar-refractivity contribution is -0.859. The van der Waals surface area contributed by atoms with Crippen LogP contribution in [0.3, 0.4) is 0 Å². The van der Waals surface area contributed by atoms with Crippen LogP contribution in [0.4, 0.5) is 0 Å². The molecule has 0 N–H and O–H groups in total. The summed E-state index contributed by atoms with van der Waals surface area (Å²) in [6, 6.07) is 7.75. The van der Waals surface area contributed by atoms with Gasteiger partial charge in [0, 0.05) is 24.7 Å². The predicted molar refractivity (Wildman–Crippen MR) is 51.6 cm³/mol. The topological polar surface area (TPSA) is 0 Å². The maximum absolute atomic E-state index is 5.81. The number of quaternary nitrogens is 1. The van der Waals surface area contributed by atoms with Gasteiger partial charge in [-0.3, -0.25) is 0 Å². The van der Waals surface area contributed by atoms with Crippen LogP contribution in [0.5, 0.6) is 0 Å². The van der Waals surface area contributed by atoms with Crippen LogP contribution in [0.1, 0.15) is 5.56 Å². The molecule has 1 rings (SSSR count). The number of rotatable bonds is 2. The first-order valence-corrected chi connectivity index (χ1v) is 4.21. The van der Waals surface area contributed by atoms with E-state index in [0.29, 0.717) is 4.48 Å². The van der Waals surface area contributed by atoms with E-state index >= 15 is 0 Å². The SMILES string of the molecule is [CH-][N+](C)(C)Cc1ccc(Cl)cc1. The molecule has 1 nitrogen and oxygen atoms in total. The quantitative estimate of drug-likeness (QED) is 0.487. The number of hydrogen-bond acceptors (Lipinski definition) is 0. The summed E-state index contributed by atoms with van der Waals surface area (Å²) < 4.78 is 0.446. The molecule has 0 unspecified atom stereocenters. The third-order valence-corrected chi connectivity index (χ3v) is 1.76. The van der Waals surface area contributed by atoms with Crippen molar-refractivity contribution in [3.63, 3.8) is 0 Å². The van der Waals surface area contributed by atoms with Gasteiger partial charge < -0.3 is 4.48 Å². The van der Waals surface area contributed by atoms with Crippen molar-refractivity contribution in [2.24, 2.45) is 0 Å². The van der Waals surface area contributed by atoms with Crippen molar-refractivity contribution in [1.82, 2.24) is 0 Å². The van der Waals surface area contributed by atoms with Gasteiger partial charge in [0.25, 0.3) is 0 Å². The molecule has 0 aliphatic heterocycles. The largest absolute Gasteiger partial charge is 0.478 e. The summed E-state index contributed by atoms with van der Waals surface area (Å²) in [6.45, 7) is 0.817. The number of halogens is 1. The molecule has 0 amide bonds. The van der Waals surface area contributed by atoms with Crippen LogP contribution in [0.15, 0.2) is 24.3 Å². The molecule has 0 spiro atoms. The van der Waals surface area contributed by atoms with Crippen molar-refractivity contribution < 1.29 is 4.48 Å². The van der Waals surface area contributed by atoms with Gasteiger partial charge in [0.1, 0.15) is 0 Å². The molecule has 0 bridgehead atoms. The van der Waals surface area contributed by atoms with Crippen molar-refractivity contribution in [2.45, 2.75) is 6.54 Å². The molecule has 0 saturated heterocycles. The molecule has 1 radical (unpaired) electrons. The monoisotopic (exact) mass is 182 g/mol. The first-order chi connectivity index (χ1) is 5.47. The molecule has 65 valence electrons. The second kappa shape index (κ2) is 3.46. The minimum Gasteiger partial charge on any atom is -0.478 e. The van der Waals surface area contributed by atoms with Gasteiger partial charge in [0.2, 0.25) is 0 Å². The summed E-state index contributed by atoms with van der Waals surface area (Å²) in [4.78, 5) is 0. The molecular formula is C10H13ClN. The van der Waals surface area contributed by atoms with Crippen molar-refractivity contribution in [2.75, 3.05) is 14.1 Å². The normalized spacial score (nSPS) is 11.7. The number of benzene rings is 1. The molecule has 1 aromatic rings. The molecule has 0 aromatic heterocycles. The highest BCUT2D eigenvalue weighted by molar-refractivity contribution is 6.30. The van der Waals surface area contributed by atoms with Crippen LogP contribution in [-0.4, -0.2) is 18.6 Å². The Morgan fingerprint density at radius 1 is 1.25 bits per heavy atom. The first kappa shape index (κ1) is 9.56. The van der Waals surface area contributed by atoms with Gasteiger partial charge in [0.15, 0.2) is 0 Å². The van der Waals surface area contributed by atoms with Crippen LogP contribution in [0, 0.1) is 7.05 Å². The van der Waals surface area contributed by atoms with Crippen molar-refractivity contribution in [1.29, 1.82) is 0 Å². The fraction of sp³-hybridized carbons (Fsp3) is 0.300. The Labute approximate surface area is 79.2 Å². The van der Waals surface area contributed by atoms with Gasteiger partial charge in [0.05, 0.1) is 6.54 Å². The molecule has 0 saturated carbocycles. The molecule has 0 aliphatic rings. The smallest absolute Gasteiger partial charge is 0.0784 e. The fourth-order valence-corrected chi connectivity index (χ4v) is 1.19. The lowest BCUT2D eigenvalue weighted by Crippen LogP contribution is -2.30. The van der Waals surface area contributed by atoms with E-state index in [2.05, 4.69) is 0 Å². The highest BCUT2D eigenvalue weighted by Crippen LogP contribution is 2.12. The lowest BCUT2D eigenvalue weighted by Gasteiger charge is -2.34. The molecular weight excluding hydrogens is 170 g/mol. The van der Waals surface area contributed by atoms with E-state index in [1.54, 1.807) is 0 Å². The summed E-state index contributed by atoms with van der Waals surface area (Å²) in [5.41, 5.74) is 1.20. The van der Waals surface area contributed by atoms with Crippen LogP contribution < -0.4 is 0 Å². The Morgan fingerprint density at radius 2 is 1.75 bits per heavy atom. The van der Waals surface area contributed by atoms with Gasteiger partial charge in [-0.05, 0) is 12.1 Å². The highest BCUT2D eigenvalue weighted by Gasteiger charge is 2.00. The first-order valence-electron chi connectivity index (χ1n) is 3.83. The van der Waals surface area contributed by atoms with Crippen molar-refractivity contribution >= 4 is 11.6 Å². The summed E-state index contributed by atoms with van der Waals surface area (Å²) >= 11 is 5.75. The Balaban J connectivity index is 2.71. The summed E-state index contributed by atoms with van der Waals surface area (Å²) in [7, 11) is 9.72. The fourth-order valence-electron chi connectivity index (χ4n) is 1.06. The maximum atomic E-state index is 5.81. The zero-order chi connectivity index (χ0) is 9.19. The molecule has 0 heterocycles.